The molecule has 0 radical (unpaired) electrons. The minimum atomic E-state index is -0.663. The van der Waals surface area contributed by atoms with Crippen LogP contribution in [-0.4, -0.2) is 28.2 Å². The Hall–Kier alpha value is -4.17. The van der Waals surface area contributed by atoms with Gasteiger partial charge in [0.1, 0.15) is 5.75 Å². The highest BCUT2D eigenvalue weighted by molar-refractivity contribution is 6.30. The van der Waals surface area contributed by atoms with Gasteiger partial charge in [0.25, 0.3) is 17.4 Å². The number of fused-ring (bicyclic) bond motifs is 1. The molecule has 2 N–H and O–H groups in total. The first-order valence-electron chi connectivity index (χ1n) is 10.0. The van der Waals surface area contributed by atoms with Gasteiger partial charge in [-0.2, -0.15) is 5.10 Å². The number of benzene rings is 3. The summed E-state index contributed by atoms with van der Waals surface area (Å²) in [7, 11) is 0. The SMILES string of the molecule is O=C(COc1cccc(Cl)c1)NNC(=O)c1nn(Cc2ccccc2)c(=O)c2ccccc12. The summed E-state index contributed by atoms with van der Waals surface area (Å²) in [5.41, 5.74) is 5.17. The average Bonchev–Trinajstić information content (AvgIpc) is 2.84. The number of nitrogens with zero attached hydrogens (tertiary/aromatic N) is 2. The zero-order chi connectivity index (χ0) is 23.2. The molecule has 33 heavy (non-hydrogen) atoms. The second-order valence-corrected chi connectivity index (χ2v) is 7.53. The zero-order valence-electron chi connectivity index (χ0n) is 17.3. The van der Waals surface area contributed by atoms with Crippen LogP contribution in [0.25, 0.3) is 10.8 Å². The molecule has 8 nitrogen and oxygen atoms in total. The molecule has 3 aromatic carbocycles. The maximum absolute atomic E-state index is 12.9. The Balaban J connectivity index is 1.50. The van der Waals surface area contributed by atoms with Crippen molar-refractivity contribution < 1.29 is 14.3 Å². The van der Waals surface area contributed by atoms with Crippen LogP contribution in [0.3, 0.4) is 0 Å². The van der Waals surface area contributed by atoms with Crippen molar-refractivity contribution in [2.24, 2.45) is 0 Å². The average molecular weight is 463 g/mol. The van der Waals surface area contributed by atoms with Crippen LogP contribution >= 0.6 is 11.6 Å². The van der Waals surface area contributed by atoms with E-state index in [0.717, 1.165) is 5.56 Å². The molecule has 0 aliphatic rings. The van der Waals surface area contributed by atoms with Crippen molar-refractivity contribution in [1.29, 1.82) is 0 Å². The van der Waals surface area contributed by atoms with Crippen molar-refractivity contribution >= 4 is 34.2 Å². The molecule has 0 bridgehead atoms. The van der Waals surface area contributed by atoms with E-state index < -0.39 is 11.8 Å². The number of carbonyl (C=O) groups excluding carboxylic acids is 2. The number of carbonyl (C=O) groups is 2. The smallest absolute Gasteiger partial charge is 0.290 e. The third-order valence-electron chi connectivity index (χ3n) is 4.74. The molecule has 0 aliphatic heterocycles. The van der Waals surface area contributed by atoms with Crippen LogP contribution in [0.1, 0.15) is 16.1 Å². The highest BCUT2D eigenvalue weighted by Gasteiger charge is 2.17. The summed E-state index contributed by atoms with van der Waals surface area (Å²) in [4.78, 5) is 37.8. The van der Waals surface area contributed by atoms with Crippen molar-refractivity contribution in [1.82, 2.24) is 20.6 Å². The molecule has 0 spiro atoms. The molecule has 0 atom stereocenters. The van der Waals surface area contributed by atoms with E-state index in [2.05, 4.69) is 16.0 Å². The topological polar surface area (TPSA) is 102 Å². The predicted octanol–water partition coefficient (Wildman–Crippen LogP) is 2.94. The van der Waals surface area contributed by atoms with Gasteiger partial charge in [-0.05, 0) is 29.8 Å². The molecule has 1 heterocycles. The second kappa shape index (κ2) is 9.97. The van der Waals surface area contributed by atoms with Gasteiger partial charge in [-0.3, -0.25) is 25.2 Å². The molecule has 0 fully saturated rings. The van der Waals surface area contributed by atoms with Crippen LogP contribution in [-0.2, 0) is 11.3 Å². The van der Waals surface area contributed by atoms with Crippen LogP contribution in [0.15, 0.2) is 83.7 Å². The maximum atomic E-state index is 12.9. The number of amides is 2. The summed E-state index contributed by atoms with van der Waals surface area (Å²) >= 11 is 5.88. The van der Waals surface area contributed by atoms with E-state index in [9.17, 15) is 14.4 Å². The van der Waals surface area contributed by atoms with Gasteiger partial charge in [0.05, 0.1) is 11.9 Å². The third-order valence-corrected chi connectivity index (χ3v) is 4.97. The first kappa shape index (κ1) is 22.0. The zero-order valence-corrected chi connectivity index (χ0v) is 18.1. The molecule has 4 rings (SSSR count). The van der Waals surface area contributed by atoms with Crippen LogP contribution in [0.4, 0.5) is 0 Å². The number of hydrazine groups is 1. The van der Waals surface area contributed by atoms with Gasteiger partial charge in [-0.1, -0.05) is 66.2 Å². The van der Waals surface area contributed by atoms with Crippen molar-refractivity contribution in [2.75, 3.05) is 6.61 Å². The van der Waals surface area contributed by atoms with E-state index in [-0.39, 0.29) is 24.4 Å². The predicted molar refractivity (Wildman–Crippen MR) is 124 cm³/mol. The summed E-state index contributed by atoms with van der Waals surface area (Å²) in [6.45, 7) is -0.132. The van der Waals surface area contributed by atoms with E-state index in [1.54, 1.807) is 48.5 Å². The monoisotopic (exact) mass is 462 g/mol. The van der Waals surface area contributed by atoms with Gasteiger partial charge in [-0.25, -0.2) is 4.68 Å². The molecule has 0 aliphatic carbocycles. The Labute approximate surface area is 193 Å². The molecule has 0 unspecified atom stereocenters. The summed E-state index contributed by atoms with van der Waals surface area (Å²) in [5, 5.41) is 5.48. The molecule has 1 aromatic heterocycles. The summed E-state index contributed by atoms with van der Waals surface area (Å²) in [6.07, 6.45) is 0. The van der Waals surface area contributed by atoms with E-state index in [1.807, 2.05) is 30.3 Å². The summed E-state index contributed by atoms with van der Waals surface area (Å²) in [6, 6.07) is 22.6. The lowest BCUT2D eigenvalue weighted by Crippen LogP contribution is -2.44. The fourth-order valence-corrected chi connectivity index (χ4v) is 3.37. The number of hydrogen-bond donors (Lipinski definition) is 2. The third kappa shape index (κ3) is 5.36. The molecule has 9 heteroatoms. The Morgan fingerprint density at radius 2 is 1.64 bits per heavy atom. The second-order valence-electron chi connectivity index (χ2n) is 7.09. The van der Waals surface area contributed by atoms with E-state index in [1.165, 1.54) is 4.68 Å². The van der Waals surface area contributed by atoms with Crippen molar-refractivity contribution in [3.8, 4) is 5.75 Å². The van der Waals surface area contributed by atoms with Gasteiger partial charge < -0.3 is 4.74 Å². The lowest BCUT2D eigenvalue weighted by atomic mass is 10.1. The number of halogens is 1. The van der Waals surface area contributed by atoms with Crippen LogP contribution < -0.4 is 21.1 Å². The van der Waals surface area contributed by atoms with Crippen LogP contribution in [0.5, 0.6) is 5.75 Å². The molecule has 2 amide bonds. The van der Waals surface area contributed by atoms with Gasteiger partial charge in [-0.15, -0.1) is 0 Å². The lowest BCUT2D eigenvalue weighted by molar-refractivity contribution is -0.123. The van der Waals surface area contributed by atoms with Gasteiger partial charge in [0.2, 0.25) is 0 Å². The first-order chi connectivity index (χ1) is 16.0. The maximum Gasteiger partial charge on any atom is 0.290 e. The lowest BCUT2D eigenvalue weighted by Gasteiger charge is -2.12. The molecule has 166 valence electrons. The van der Waals surface area contributed by atoms with Gasteiger partial charge in [0.15, 0.2) is 12.3 Å². The number of nitrogens with one attached hydrogen (secondary N) is 2. The van der Waals surface area contributed by atoms with E-state index in [0.29, 0.717) is 21.5 Å². The van der Waals surface area contributed by atoms with Crippen molar-refractivity contribution in [3.05, 3.63) is 105 Å². The van der Waals surface area contributed by atoms with E-state index >= 15 is 0 Å². The molecule has 4 aromatic rings. The molecular formula is C24H19ClN4O4. The fourth-order valence-electron chi connectivity index (χ4n) is 3.19. The summed E-state index contributed by atoms with van der Waals surface area (Å²) < 4.78 is 6.58. The Bertz CT molecular complexity index is 1370. The van der Waals surface area contributed by atoms with Gasteiger partial charge in [0, 0.05) is 10.4 Å². The Morgan fingerprint density at radius 3 is 2.39 bits per heavy atom. The molecule has 0 saturated carbocycles. The highest BCUT2D eigenvalue weighted by atomic mass is 35.5. The van der Waals surface area contributed by atoms with E-state index in [4.69, 9.17) is 16.3 Å². The van der Waals surface area contributed by atoms with Crippen molar-refractivity contribution in [2.45, 2.75) is 6.54 Å². The number of hydrogen-bond acceptors (Lipinski definition) is 5. The fraction of sp³-hybridized carbons (Fsp3) is 0.0833. The first-order valence-corrected chi connectivity index (χ1v) is 10.4. The number of rotatable bonds is 6. The largest absolute Gasteiger partial charge is 0.484 e. The minimum Gasteiger partial charge on any atom is -0.484 e. The minimum absolute atomic E-state index is 0.0113. The Morgan fingerprint density at radius 1 is 0.909 bits per heavy atom. The number of aromatic nitrogens is 2. The van der Waals surface area contributed by atoms with Gasteiger partial charge >= 0.3 is 0 Å². The molecular weight excluding hydrogens is 444 g/mol. The standard InChI is InChI=1S/C24H19ClN4O4/c25-17-9-6-10-18(13-17)33-15-21(30)26-27-23(31)22-19-11-4-5-12-20(19)24(32)29(28-22)14-16-7-2-1-3-8-16/h1-13H,14-15H2,(H,26,30)(H,27,31). The number of ether oxygens (including phenoxy) is 1. The normalized spacial score (nSPS) is 10.6. The van der Waals surface area contributed by atoms with Crippen molar-refractivity contribution in [3.63, 3.8) is 0 Å². The summed E-state index contributed by atoms with van der Waals surface area (Å²) in [5.74, 6) is -0.820. The van der Waals surface area contributed by atoms with Crippen LogP contribution in [0, 0.1) is 0 Å². The molecule has 0 saturated heterocycles. The quantitative estimate of drug-likeness (QED) is 0.429. The Kier molecular flexibility index (Phi) is 6.66. The highest BCUT2D eigenvalue weighted by Crippen LogP contribution is 2.17. The van der Waals surface area contributed by atoms with Crippen LogP contribution in [0.2, 0.25) is 5.02 Å².